The lowest BCUT2D eigenvalue weighted by molar-refractivity contribution is 0.835. The van der Waals surface area contributed by atoms with E-state index >= 15 is 0 Å². The Bertz CT molecular complexity index is 659. The van der Waals surface area contributed by atoms with Crippen molar-refractivity contribution in [2.24, 2.45) is 4.99 Å². The normalized spacial score (nSPS) is 11.1. The van der Waals surface area contributed by atoms with Crippen LogP contribution in [0.4, 0.5) is 0 Å². The van der Waals surface area contributed by atoms with Crippen molar-refractivity contribution in [3.8, 4) is 0 Å². The summed E-state index contributed by atoms with van der Waals surface area (Å²) in [6, 6.07) is 7.90. The summed E-state index contributed by atoms with van der Waals surface area (Å²) < 4.78 is 0. The lowest BCUT2D eigenvalue weighted by Gasteiger charge is -2.11. The standard InChI is InChI=1S/C16H21ClN4S2.HI/c1-11-15(23-12(2)21-11)10-20-16(18-3)19-8-9-22-14-6-4-13(17)5-7-14;/h4-7H,8-10H2,1-3H3,(H2,18,19,20);1H. The fraction of sp³-hybridized carbons (Fsp3) is 0.375. The van der Waals surface area contributed by atoms with Crippen molar-refractivity contribution in [1.29, 1.82) is 0 Å². The molecule has 0 saturated carbocycles. The first-order chi connectivity index (χ1) is 11.1. The van der Waals surface area contributed by atoms with Crippen molar-refractivity contribution < 1.29 is 0 Å². The molecule has 2 aromatic rings. The summed E-state index contributed by atoms with van der Waals surface area (Å²) in [5, 5.41) is 8.52. The molecule has 24 heavy (non-hydrogen) atoms. The number of rotatable bonds is 6. The van der Waals surface area contributed by atoms with E-state index in [0.717, 1.165) is 40.5 Å². The Morgan fingerprint density at radius 2 is 1.96 bits per heavy atom. The number of hydrogen-bond acceptors (Lipinski definition) is 4. The molecule has 0 aliphatic carbocycles. The maximum Gasteiger partial charge on any atom is 0.191 e. The van der Waals surface area contributed by atoms with Gasteiger partial charge in [-0.1, -0.05) is 11.6 Å². The van der Waals surface area contributed by atoms with Crippen LogP contribution in [0.15, 0.2) is 34.2 Å². The van der Waals surface area contributed by atoms with Crippen LogP contribution in [0.3, 0.4) is 0 Å². The van der Waals surface area contributed by atoms with Gasteiger partial charge in [-0.05, 0) is 38.1 Å². The molecule has 2 rings (SSSR count). The Labute approximate surface area is 173 Å². The SMILES string of the molecule is CN=C(NCCSc1ccc(Cl)cc1)NCc1sc(C)nc1C.I. The fourth-order valence-corrected chi connectivity index (χ4v) is 3.76. The molecule has 0 spiro atoms. The van der Waals surface area contributed by atoms with Gasteiger partial charge in [0, 0.05) is 34.1 Å². The summed E-state index contributed by atoms with van der Waals surface area (Å²) in [6.07, 6.45) is 0. The highest BCUT2D eigenvalue weighted by Crippen LogP contribution is 2.19. The zero-order valence-electron chi connectivity index (χ0n) is 13.9. The molecule has 0 aliphatic heterocycles. The van der Waals surface area contributed by atoms with Crippen molar-refractivity contribution in [2.75, 3.05) is 19.3 Å². The summed E-state index contributed by atoms with van der Waals surface area (Å²) in [5.41, 5.74) is 1.09. The van der Waals surface area contributed by atoms with Crippen LogP contribution >= 0.6 is 58.7 Å². The summed E-state index contributed by atoms with van der Waals surface area (Å²) in [5.74, 6) is 1.77. The van der Waals surface area contributed by atoms with E-state index in [1.165, 1.54) is 9.77 Å². The van der Waals surface area contributed by atoms with Crippen molar-refractivity contribution in [1.82, 2.24) is 15.6 Å². The molecular formula is C16H22ClIN4S2. The minimum Gasteiger partial charge on any atom is -0.356 e. The number of halogens is 2. The monoisotopic (exact) mass is 496 g/mol. The minimum absolute atomic E-state index is 0. The molecule has 4 nitrogen and oxygen atoms in total. The Morgan fingerprint density at radius 3 is 2.54 bits per heavy atom. The predicted octanol–water partition coefficient (Wildman–Crippen LogP) is 4.49. The first-order valence-corrected chi connectivity index (χ1v) is 9.52. The topological polar surface area (TPSA) is 49.3 Å². The van der Waals surface area contributed by atoms with Gasteiger partial charge in [-0.25, -0.2) is 4.98 Å². The lowest BCUT2D eigenvalue weighted by atomic mass is 10.4. The molecule has 2 N–H and O–H groups in total. The Balaban J connectivity index is 0.00000288. The van der Waals surface area contributed by atoms with E-state index in [4.69, 9.17) is 11.6 Å². The predicted molar refractivity (Wildman–Crippen MR) is 117 cm³/mol. The van der Waals surface area contributed by atoms with Crippen LogP contribution < -0.4 is 10.6 Å². The number of nitrogens with one attached hydrogen (secondary N) is 2. The Morgan fingerprint density at radius 1 is 1.25 bits per heavy atom. The van der Waals surface area contributed by atoms with Crippen molar-refractivity contribution in [3.05, 3.63) is 44.9 Å². The van der Waals surface area contributed by atoms with Crippen molar-refractivity contribution >= 4 is 64.6 Å². The highest BCUT2D eigenvalue weighted by molar-refractivity contribution is 14.0. The van der Waals surface area contributed by atoms with E-state index in [-0.39, 0.29) is 24.0 Å². The van der Waals surface area contributed by atoms with Crippen LogP contribution in [-0.2, 0) is 6.54 Å². The smallest absolute Gasteiger partial charge is 0.191 e. The molecule has 1 heterocycles. The molecule has 132 valence electrons. The number of aryl methyl sites for hydroxylation is 2. The first kappa shape index (κ1) is 21.5. The minimum atomic E-state index is 0. The number of thiazole rings is 1. The third-order valence-corrected chi connectivity index (χ3v) is 5.46. The van der Waals surface area contributed by atoms with Crippen LogP contribution in [0.5, 0.6) is 0 Å². The second kappa shape index (κ2) is 11.2. The number of benzene rings is 1. The molecule has 0 fully saturated rings. The maximum absolute atomic E-state index is 5.88. The number of hydrogen-bond donors (Lipinski definition) is 2. The number of nitrogens with zero attached hydrogens (tertiary/aromatic N) is 2. The summed E-state index contributed by atoms with van der Waals surface area (Å²) >= 11 is 9.39. The number of aliphatic imine (C=N–C) groups is 1. The molecule has 0 radical (unpaired) electrons. The zero-order valence-corrected chi connectivity index (χ0v) is 18.6. The van der Waals surface area contributed by atoms with E-state index in [0.29, 0.717) is 0 Å². The maximum atomic E-state index is 5.88. The van der Waals surface area contributed by atoms with Gasteiger partial charge in [-0.3, -0.25) is 4.99 Å². The second-order valence-corrected chi connectivity index (χ2v) is 7.79. The van der Waals surface area contributed by atoms with Gasteiger partial charge in [-0.2, -0.15) is 0 Å². The number of aromatic nitrogens is 1. The van der Waals surface area contributed by atoms with E-state index in [9.17, 15) is 0 Å². The van der Waals surface area contributed by atoms with Gasteiger partial charge in [0.15, 0.2) is 5.96 Å². The molecule has 0 atom stereocenters. The van der Waals surface area contributed by atoms with E-state index in [1.54, 1.807) is 30.1 Å². The zero-order chi connectivity index (χ0) is 16.7. The van der Waals surface area contributed by atoms with Crippen LogP contribution in [0, 0.1) is 13.8 Å². The van der Waals surface area contributed by atoms with Gasteiger partial charge in [0.1, 0.15) is 0 Å². The third-order valence-electron chi connectivity index (χ3n) is 3.12. The van der Waals surface area contributed by atoms with Gasteiger partial charge in [0.25, 0.3) is 0 Å². The van der Waals surface area contributed by atoms with E-state index < -0.39 is 0 Å². The average Bonchev–Trinajstić information content (AvgIpc) is 2.86. The Hall–Kier alpha value is -0.510. The van der Waals surface area contributed by atoms with Gasteiger partial charge >= 0.3 is 0 Å². The number of thioether (sulfide) groups is 1. The second-order valence-electron chi connectivity index (χ2n) is 4.90. The fourth-order valence-electron chi connectivity index (χ4n) is 1.99. The van der Waals surface area contributed by atoms with Crippen molar-refractivity contribution in [2.45, 2.75) is 25.3 Å². The van der Waals surface area contributed by atoms with Crippen LogP contribution in [0.1, 0.15) is 15.6 Å². The Kier molecular flexibility index (Phi) is 10.0. The number of guanidine groups is 1. The highest BCUT2D eigenvalue weighted by atomic mass is 127. The van der Waals surface area contributed by atoms with Gasteiger partial charge in [0.05, 0.1) is 17.2 Å². The third kappa shape index (κ3) is 7.16. The van der Waals surface area contributed by atoms with Gasteiger partial charge in [-0.15, -0.1) is 47.1 Å². The van der Waals surface area contributed by atoms with Crippen LogP contribution in [0.25, 0.3) is 0 Å². The average molecular weight is 497 g/mol. The highest BCUT2D eigenvalue weighted by Gasteiger charge is 2.05. The van der Waals surface area contributed by atoms with E-state index in [2.05, 4.69) is 20.6 Å². The summed E-state index contributed by atoms with van der Waals surface area (Å²) in [6.45, 7) is 5.66. The molecule has 1 aromatic carbocycles. The van der Waals surface area contributed by atoms with Gasteiger partial charge < -0.3 is 10.6 Å². The van der Waals surface area contributed by atoms with E-state index in [1.807, 2.05) is 38.1 Å². The molecule has 0 saturated heterocycles. The van der Waals surface area contributed by atoms with Gasteiger partial charge in [0.2, 0.25) is 0 Å². The summed E-state index contributed by atoms with van der Waals surface area (Å²) in [7, 11) is 1.78. The molecule has 8 heteroatoms. The lowest BCUT2D eigenvalue weighted by Crippen LogP contribution is -2.37. The molecule has 0 unspecified atom stereocenters. The van der Waals surface area contributed by atoms with Crippen LogP contribution in [0.2, 0.25) is 5.02 Å². The first-order valence-electron chi connectivity index (χ1n) is 7.34. The molecule has 0 bridgehead atoms. The molecule has 1 aromatic heterocycles. The molecule has 0 amide bonds. The molecule has 0 aliphatic rings. The van der Waals surface area contributed by atoms with Crippen molar-refractivity contribution in [3.63, 3.8) is 0 Å². The molecular weight excluding hydrogens is 475 g/mol. The summed E-state index contributed by atoms with van der Waals surface area (Å²) in [4.78, 5) is 11.2. The quantitative estimate of drug-likeness (QED) is 0.203. The van der Waals surface area contributed by atoms with Crippen LogP contribution in [-0.4, -0.2) is 30.3 Å². The largest absolute Gasteiger partial charge is 0.356 e.